The molecule has 0 atom stereocenters. The fourth-order valence-electron chi connectivity index (χ4n) is 2.97. The van der Waals surface area contributed by atoms with E-state index in [1.807, 2.05) is 30.3 Å². The minimum Gasteiger partial charge on any atom is -0.465 e. The first-order chi connectivity index (χ1) is 12.8. The van der Waals surface area contributed by atoms with Gasteiger partial charge in [-0.3, -0.25) is 15.4 Å². The average Bonchev–Trinajstić information content (AvgIpc) is 2.60. The quantitative estimate of drug-likeness (QED) is 0.297. The number of carboxylic acid groups (broad SMARTS) is 2. The Bertz CT molecular complexity index is 1130. The highest BCUT2D eigenvalue weighted by molar-refractivity contribution is 6.21. The van der Waals surface area contributed by atoms with Crippen LogP contribution in [0.4, 0.5) is 21.0 Å². The maximum Gasteiger partial charge on any atom is 0.409 e. The fourth-order valence-corrected chi connectivity index (χ4v) is 2.97. The van der Waals surface area contributed by atoms with Crippen molar-refractivity contribution in [2.24, 2.45) is 0 Å². The van der Waals surface area contributed by atoms with Crippen molar-refractivity contribution < 1.29 is 24.6 Å². The number of fused-ring (bicyclic) bond motifs is 2. The number of carbonyl (C=O) groups is 3. The Hall–Kier alpha value is -3.87. The van der Waals surface area contributed by atoms with Gasteiger partial charge < -0.3 is 10.2 Å². The first-order valence-corrected chi connectivity index (χ1v) is 7.97. The lowest BCUT2D eigenvalue weighted by Gasteiger charge is -2.17. The lowest BCUT2D eigenvalue weighted by atomic mass is 9.95. The Balaban J connectivity index is 2.46. The minimum atomic E-state index is -1.42. The zero-order valence-corrected chi connectivity index (χ0v) is 14.4. The number of carbonyl (C=O) groups excluding carboxylic acids is 1. The van der Waals surface area contributed by atoms with Crippen molar-refractivity contribution in [3.05, 3.63) is 60.2 Å². The molecule has 0 unspecified atom stereocenters. The molecule has 3 aromatic carbocycles. The monoisotopic (exact) mass is 364 g/mol. The van der Waals surface area contributed by atoms with E-state index in [0.717, 1.165) is 10.8 Å². The standard InChI is InChI=1S/C20H16N2O5/c1-10(2)18(23)15-9-13-7-11-5-3-4-6-12(11)8-14(13)16(21-19(24)25)17(15)22-20(26)27/h3-9,21-22H,1H2,2H3,(H,24,25)(H,26,27). The van der Waals surface area contributed by atoms with E-state index in [-0.39, 0.29) is 22.5 Å². The summed E-state index contributed by atoms with van der Waals surface area (Å²) >= 11 is 0. The van der Waals surface area contributed by atoms with Crippen LogP contribution in [0, 0.1) is 0 Å². The third-order valence-electron chi connectivity index (χ3n) is 4.10. The zero-order chi connectivity index (χ0) is 19.7. The molecule has 0 aromatic heterocycles. The smallest absolute Gasteiger partial charge is 0.409 e. The molecule has 0 heterocycles. The highest BCUT2D eigenvalue weighted by atomic mass is 16.4. The van der Waals surface area contributed by atoms with Crippen LogP contribution < -0.4 is 10.6 Å². The molecule has 3 rings (SSSR count). The number of hydrogen-bond donors (Lipinski definition) is 4. The summed E-state index contributed by atoms with van der Waals surface area (Å²) in [5.74, 6) is -0.484. The van der Waals surface area contributed by atoms with E-state index < -0.39 is 18.0 Å². The predicted octanol–water partition coefficient (Wildman–Crippen LogP) is 4.93. The van der Waals surface area contributed by atoms with Crippen molar-refractivity contribution in [2.45, 2.75) is 6.92 Å². The van der Waals surface area contributed by atoms with E-state index in [2.05, 4.69) is 17.2 Å². The van der Waals surface area contributed by atoms with Gasteiger partial charge in [0.05, 0.1) is 11.4 Å². The summed E-state index contributed by atoms with van der Waals surface area (Å²) in [6.45, 7) is 5.11. The molecule has 136 valence electrons. The Morgan fingerprint density at radius 2 is 1.41 bits per heavy atom. The van der Waals surface area contributed by atoms with Crippen LogP contribution in [-0.4, -0.2) is 28.2 Å². The van der Waals surface area contributed by atoms with Gasteiger partial charge in [0, 0.05) is 10.9 Å². The molecule has 0 aliphatic heterocycles. The minimum absolute atomic E-state index is 0.00208. The number of allylic oxidation sites excluding steroid dienone is 1. The van der Waals surface area contributed by atoms with Gasteiger partial charge >= 0.3 is 12.2 Å². The van der Waals surface area contributed by atoms with Gasteiger partial charge in [-0.25, -0.2) is 9.59 Å². The van der Waals surface area contributed by atoms with Crippen LogP contribution in [0.25, 0.3) is 21.5 Å². The van der Waals surface area contributed by atoms with Crippen molar-refractivity contribution in [3.8, 4) is 0 Å². The summed E-state index contributed by atoms with van der Waals surface area (Å²) in [5, 5.41) is 25.6. The van der Waals surface area contributed by atoms with Gasteiger partial charge in [-0.2, -0.15) is 0 Å². The number of amides is 2. The molecule has 0 bridgehead atoms. The highest BCUT2D eigenvalue weighted by Crippen LogP contribution is 2.38. The van der Waals surface area contributed by atoms with Crippen molar-refractivity contribution in [1.29, 1.82) is 0 Å². The number of nitrogens with one attached hydrogen (secondary N) is 2. The number of hydrogen-bond acceptors (Lipinski definition) is 3. The molecular formula is C20H16N2O5. The van der Waals surface area contributed by atoms with Gasteiger partial charge in [0.25, 0.3) is 0 Å². The van der Waals surface area contributed by atoms with Crippen LogP contribution in [0.15, 0.2) is 54.6 Å². The van der Waals surface area contributed by atoms with Crippen LogP contribution in [0.3, 0.4) is 0 Å². The van der Waals surface area contributed by atoms with Crippen LogP contribution in [0.1, 0.15) is 17.3 Å². The largest absolute Gasteiger partial charge is 0.465 e. The molecule has 0 saturated heterocycles. The third-order valence-corrected chi connectivity index (χ3v) is 4.10. The maximum absolute atomic E-state index is 12.6. The first kappa shape index (κ1) is 17.9. The second-order valence-electron chi connectivity index (χ2n) is 6.06. The summed E-state index contributed by atoms with van der Waals surface area (Å²) in [7, 11) is 0. The molecule has 0 aliphatic carbocycles. The molecule has 7 heteroatoms. The van der Waals surface area contributed by atoms with E-state index in [0.29, 0.717) is 10.8 Å². The maximum atomic E-state index is 12.6. The van der Waals surface area contributed by atoms with E-state index >= 15 is 0 Å². The number of ketones is 1. The highest BCUT2D eigenvalue weighted by Gasteiger charge is 2.22. The van der Waals surface area contributed by atoms with Gasteiger partial charge in [0.2, 0.25) is 0 Å². The van der Waals surface area contributed by atoms with Gasteiger partial charge in [-0.05, 0) is 46.9 Å². The average molecular weight is 364 g/mol. The lowest BCUT2D eigenvalue weighted by molar-refractivity contribution is 0.103. The molecule has 4 N–H and O–H groups in total. The van der Waals surface area contributed by atoms with Crippen LogP contribution in [0.2, 0.25) is 0 Å². The van der Waals surface area contributed by atoms with Gasteiger partial charge in [0.1, 0.15) is 0 Å². The fraction of sp³-hybridized carbons (Fsp3) is 0.0500. The summed E-state index contributed by atoms with van der Waals surface area (Å²) in [4.78, 5) is 35.2. The molecule has 2 amide bonds. The topological polar surface area (TPSA) is 116 Å². The van der Waals surface area contributed by atoms with Crippen molar-refractivity contribution in [1.82, 2.24) is 0 Å². The molecule has 0 fully saturated rings. The summed E-state index contributed by atoms with van der Waals surface area (Å²) < 4.78 is 0. The van der Waals surface area contributed by atoms with Gasteiger partial charge in [-0.15, -0.1) is 0 Å². The predicted molar refractivity (Wildman–Crippen MR) is 104 cm³/mol. The number of benzene rings is 3. The van der Waals surface area contributed by atoms with E-state index in [9.17, 15) is 24.6 Å². The SMILES string of the molecule is C=C(C)C(=O)c1cc2cc3ccccc3cc2c(NC(=O)O)c1NC(=O)O. The van der Waals surface area contributed by atoms with E-state index in [1.165, 1.54) is 13.0 Å². The number of rotatable bonds is 4. The first-order valence-electron chi connectivity index (χ1n) is 7.97. The number of anilines is 2. The Labute approximate surface area is 153 Å². The van der Waals surface area contributed by atoms with Crippen LogP contribution in [0.5, 0.6) is 0 Å². The normalized spacial score (nSPS) is 10.6. The molecule has 0 saturated carbocycles. The van der Waals surface area contributed by atoms with E-state index in [1.54, 1.807) is 6.07 Å². The molecule has 0 spiro atoms. The van der Waals surface area contributed by atoms with Gasteiger partial charge in [0.15, 0.2) is 5.78 Å². The Morgan fingerprint density at radius 1 is 0.852 bits per heavy atom. The summed E-state index contributed by atoms with van der Waals surface area (Å²) in [5.41, 5.74) is 0.0970. The van der Waals surface area contributed by atoms with Crippen LogP contribution in [-0.2, 0) is 0 Å². The van der Waals surface area contributed by atoms with Crippen molar-refractivity contribution in [2.75, 3.05) is 10.6 Å². The number of Topliss-reactive ketones (excluding diaryl/α,β-unsaturated/α-hetero) is 1. The van der Waals surface area contributed by atoms with Crippen LogP contribution >= 0.6 is 0 Å². The van der Waals surface area contributed by atoms with E-state index in [4.69, 9.17) is 0 Å². The van der Waals surface area contributed by atoms with Gasteiger partial charge in [-0.1, -0.05) is 30.8 Å². The molecule has 0 radical (unpaired) electrons. The molecule has 7 nitrogen and oxygen atoms in total. The Morgan fingerprint density at radius 3 is 1.96 bits per heavy atom. The summed E-state index contributed by atoms with van der Waals surface area (Å²) in [6, 6.07) is 12.6. The molecule has 3 aromatic rings. The molecule has 0 aliphatic rings. The summed E-state index contributed by atoms with van der Waals surface area (Å²) in [6.07, 6.45) is -2.79. The zero-order valence-electron chi connectivity index (χ0n) is 14.4. The molecule has 27 heavy (non-hydrogen) atoms. The third kappa shape index (κ3) is 3.43. The molecular weight excluding hydrogens is 348 g/mol. The van der Waals surface area contributed by atoms with Crippen molar-refractivity contribution >= 4 is 50.9 Å². The Kier molecular flexibility index (Phi) is 4.51. The lowest BCUT2D eigenvalue weighted by Crippen LogP contribution is -2.17. The van der Waals surface area contributed by atoms with Crippen molar-refractivity contribution in [3.63, 3.8) is 0 Å². The second kappa shape index (κ2) is 6.80. The second-order valence-corrected chi connectivity index (χ2v) is 6.06.